The third-order valence-corrected chi connectivity index (χ3v) is 3.83. The Morgan fingerprint density at radius 2 is 1.64 bits per heavy atom. The molecule has 2 nitrogen and oxygen atoms in total. The summed E-state index contributed by atoms with van der Waals surface area (Å²) >= 11 is 0. The molecule has 1 aromatic heterocycles. The van der Waals surface area contributed by atoms with Crippen molar-refractivity contribution in [1.29, 1.82) is 0 Å². The SMILES string of the molecule is Cc1cccc(C)c1C=Cc1nc(Cc2ccccc2)c[nH]1. The highest BCUT2D eigenvalue weighted by Gasteiger charge is 2.01. The Morgan fingerprint density at radius 3 is 2.36 bits per heavy atom. The summed E-state index contributed by atoms with van der Waals surface area (Å²) in [5.74, 6) is 0.897. The Kier molecular flexibility index (Phi) is 4.19. The highest BCUT2D eigenvalue weighted by molar-refractivity contribution is 5.70. The average Bonchev–Trinajstić information content (AvgIpc) is 2.95. The normalized spacial score (nSPS) is 11.2. The summed E-state index contributed by atoms with van der Waals surface area (Å²) in [5.41, 5.74) is 6.18. The van der Waals surface area contributed by atoms with Crippen molar-refractivity contribution in [3.8, 4) is 0 Å². The molecule has 0 aliphatic heterocycles. The summed E-state index contributed by atoms with van der Waals surface area (Å²) in [4.78, 5) is 7.87. The second-order valence-corrected chi connectivity index (χ2v) is 5.58. The Labute approximate surface area is 131 Å². The van der Waals surface area contributed by atoms with Crippen LogP contribution in [0.25, 0.3) is 12.2 Å². The Balaban J connectivity index is 1.76. The van der Waals surface area contributed by atoms with E-state index in [1.165, 1.54) is 22.3 Å². The first kappa shape index (κ1) is 14.3. The molecule has 0 aliphatic carbocycles. The van der Waals surface area contributed by atoms with Gasteiger partial charge in [-0.15, -0.1) is 0 Å². The number of hydrogen-bond donors (Lipinski definition) is 1. The predicted octanol–water partition coefficient (Wildman–Crippen LogP) is 4.79. The summed E-state index contributed by atoms with van der Waals surface area (Å²) in [7, 11) is 0. The summed E-state index contributed by atoms with van der Waals surface area (Å²) in [6.07, 6.45) is 7.02. The highest BCUT2D eigenvalue weighted by atomic mass is 14.9. The van der Waals surface area contributed by atoms with Crippen molar-refractivity contribution in [2.45, 2.75) is 20.3 Å². The zero-order chi connectivity index (χ0) is 15.4. The topological polar surface area (TPSA) is 28.7 Å². The van der Waals surface area contributed by atoms with Crippen molar-refractivity contribution in [3.05, 3.63) is 88.5 Å². The van der Waals surface area contributed by atoms with Crippen LogP contribution in [0, 0.1) is 13.8 Å². The lowest BCUT2D eigenvalue weighted by Crippen LogP contribution is -1.88. The molecule has 110 valence electrons. The second kappa shape index (κ2) is 6.44. The van der Waals surface area contributed by atoms with E-state index in [1.54, 1.807) is 0 Å². The van der Waals surface area contributed by atoms with Gasteiger partial charge in [0.25, 0.3) is 0 Å². The van der Waals surface area contributed by atoms with Crippen molar-refractivity contribution < 1.29 is 0 Å². The first-order chi connectivity index (χ1) is 10.7. The Morgan fingerprint density at radius 1 is 0.909 bits per heavy atom. The van der Waals surface area contributed by atoms with Crippen LogP contribution in [0.5, 0.6) is 0 Å². The molecule has 2 heteroatoms. The lowest BCUT2D eigenvalue weighted by atomic mass is 10.0. The van der Waals surface area contributed by atoms with Crippen molar-refractivity contribution in [2.24, 2.45) is 0 Å². The monoisotopic (exact) mass is 288 g/mol. The molecule has 0 spiro atoms. The molecule has 3 aromatic rings. The summed E-state index contributed by atoms with van der Waals surface area (Å²) < 4.78 is 0. The molecule has 1 heterocycles. The van der Waals surface area contributed by atoms with Crippen molar-refractivity contribution in [3.63, 3.8) is 0 Å². The van der Waals surface area contributed by atoms with E-state index in [4.69, 9.17) is 0 Å². The maximum absolute atomic E-state index is 4.64. The van der Waals surface area contributed by atoms with Crippen LogP contribution in [0.2, 0.25) is 0 Å². The molecule has 0 fully saturated rings. The number of benzene rings is 2. The predicted molar refractivity (Wildman–Crippen MR) is 92.7 cm³/mol. The van der Waals surface area contributed by atoms with Crippen LogP contribution in [0.15, 0.2) is 54.7 Å². The van der Waals surface area contributed by atoms with Gasteiger partial charge >= 0.3 is 0 Å². The number of aryl methyl sites for hydroxylation is 2. The number of hydrogen-bond acceptors (Lipinski definition) is 1. The fraction of sp³-hybridized carbons (Fsp3) is 0.150. The van der Waals surface area contributed by atoms with Gasteiger partial charge in [-0.25, -0.2) is 4.98 Å². The lowest BCUT2D eigenvalue weighted by Gasteiger charge is -2.03. The Hall–Kier alpha value is -2.61. The number of imidazole rings is 1. The van der Waals surface area contributed by atoms with Crippen LogP contribution < -0.4 is 0 Å². The van der Waals surface area contributed by atoms with Crippen molar-refractivity contribution >= 4 is 12.2 Å². The first-order valence-electron chi connectivity index (χ1n) is 7.55. The zero-order valence-corrected chi connectivity index (χ0v) is 13.0. The van der Waals surface area contributed by atoms with Crippen molar-refractivity contribution in [2.75, 3.05) is 0 Å². The second-order valence-electron chi connectivity index (χ2n) is 5.58. The molecule has 22 heavy (non-hydrogen) atoms. The van der Waals surface area contributed by atoms with E-state index in [1.807, 2.05) is 18.3 Å². The lowest BCUT2D eigenvalue weighted by molar-refractivity contribution is 1.10. The van der Waals surface area contributed by atoms with Crippen LogP contribution in [-0.4, -0.2) is 9.97 Å². The fourth-order valence-electron chi connectivity index (χ4n) is 2.61. The summed E-state index contributed by atoms with van der Waals surface area (Å²) in [6, 6.07) is 16.8. The molecule has 1 N–H and O–H groups in total. The van der Waals surface area contributed by atoms with Gasteiger partial charge in [0.15, 0.2) is 0 Å². The maximum Gasteiger partial charge on any atom is 0.130 e. The molecule has 3 rings (SSSR count). The number of aromatic nitrogens is 2. The smallest absolute Gasteiger partial charge is 0.130 e. The van der Waals surface area contributed by atoms with Crippen LogP contribution in [0.4, 0.5) is 0 Å². The molecule has 0 atom stereocenters. The summed E-state index contributed by atoms with van der Waals surface area (Å²) in [5, 5.41) is 0. The van der Waals surface area contributed by atoms with Gasteiger partial charge in [-0.3, -0.25) is 0 Å². The molecule has 0 amide bonds. The largest absolute Gasteiger partial charge is 0.345 e. The van der Waals surface area contributed by atoms with Gasteiger partial charge in [-0.2, -0.15) is 0 Å². The molecular formula is C20H20N2. The van der Waals surface area contributed by atoms with E-state index in [0.29, 0.717) is 0 Å². The highest BCUT2D eigenvalue weighted by Crippen LogP contribution is 2.16. The third kappa shape index (κ3) is 3.34. The standard InChI is InChI=1S/C20H20N2/c1-15-7-6-8-16(2)19(15)11-12-20-21-14-18(22-20)13-17-9-4-3-5-10-17/h3-12,14H,13H2,1-2H3,(H,21,22). The van der Waals surface area contributed by atoms with E-state index in [0.717, 1.165) is 17.9 Å². The minimum absolute atomic E-state index is 0.856. The summed E-state index contributed by atoms with van der Waals surface area (Å²) in [6.45, 7) is 4.27. The van der Waals surface area contributed by atoms with E-state index in [9.17, 15) is 0 Å². The first-order valence-corrected chi connectivity index (χ1v) is 7.55. The van der Waals surface area contributed by atoms with Gasteiger partial charge in [0.2, 0.25) is 0 Å². The molecule has 0 saturated carbocycles. The average molecular weight is 288 g/mol. The molecule has 0 unspecified atom stereocenters. The molecule has 2 aromatic carbocycles. The molecule has 0 bridgehead atoms. The van der Waals surface area contributed by atoms with Gasteiger partial charge in [0, 0.05) is 12.6 Å². The quantitative estimate of drug-likeness (QED) is 0.735. The maximum atomic E-state index is 4.64. The minimum atomic E-state index is 0.856. The van der Waals surface area contributed by atoms with Crippen LogP contribution in [0.3, 0.4) is 0 Å². The van der Waals surface area contributed by atoms with Crippen LogP contribution in [0.1, 0.15) is 33.8 Å². The van der Waals surface area contributed by atoms with Crippen LogP contribution >= 0.6 is 0 Å². The van der Waals surface area contributed by atoms with E-state index in [2.05, 4.69) is 72.4 Å². The zero-order valence-electron chi connectivity index (χ0n) is 13.0. The van der Waals surface area contributed by atoms with Crippen LogP contribution in [-0.2, 0) is 6.42 Å². The third-order valence-electron chi connectivity index (χ3n) is 3.83. The van der Waals surface area contributed by atoms with Gasteiger partial charge in [0.1, 0.15) is 5.82 Å². The Bertz CT molecular complexity index is 762. The number of nitrogens with one attached hydrogen (secondary N) is 1. The number of rotatable bonds is 4. The minimum Gasteiger partial charge on any atom is -0.345 e. The molecular weight excluding hydrogens is 268 g/mol. The molecule has 0 aliphatic rings. The number of H-pyrrole nitrogens is 1. The molecule has 0 radical (unpaired) electrons. The van der Waals surface area contributed by atoms with E-state index < -0.39 is 0 Å². The number of aromatic amines is 1. The van der Waals surface area contributed by atoms with Gasteiger partial charge < -0.3 is 4.98 Å². The van der Waals surface area contributed by atoms with Gasteiger partial charge in [-0.05, 0) is 42.2 Å². The van der Waals surface area contributed by atoms with E-state index >= 15 is 0 Å². The van der Waals surface area contributed by atoms with E-state index in [-0.39, 0.29) is 0 Å². The number of nitrogens with zero attached hydrogens (tertiary/aromatic N) is 1. The fourth-order valence-corrected chi connectivity index (χ4v) is 2.61. The van der Waals surface area contributed by atoms with Crippen molar-refractivity contribution in [1.82, 2.24) is 9.97 Å². The van der Waals surface area contributed by atoms with Gasteiger partial charge in [0.05, 0.1) is 5.69 Å². The molecule has 0 saturated heterocycles. The van der Waals surface area contributed by atoms with Gasteiger partial charge in [-0.1, -0.05) is 54.6 Å².